The summed E-state index contributed by atoms with van der Waals surface area (Å²) in [6.07, 6.45) is 7.00. The molecule has 0 aromatic rings. The normalized spacial score (nSPS) is 16.8. The van der Waals surface area contributed by atoms with Crippen molar-refractivity contribution in [3.63, 3.8) is 0 Å². The lowest BCUT2D eigenvalue weighted by Gasteiger charge is -2.33. The van der Waals surface area contributed by atoms with Gasteiger partial charge in [0.15, 0.2) is 0 Å². The summed E-state index contributed by atoms with van der Waals surface area (Å²) in [5, 5.41) is 2.67. The van der Waals surface area contributed by atoms with Gasteiger partial charge in [-0.2, -0.15) is 0 Å². The van der Waals surface area contributed by atoms with Crippen LogP contribution in [0.2, 0.25) is 0 Å². The molecule has 6 nitrogen and oxygen atoms in total. The van der Waals surface area contributed by atoms with Crippen LogP contribution in [0.25, 0.3) is 0 Å². The minimum Gasteiger partial charge on any atom is -0.446 e. The Morgan fingerprint density at radius 1 is 1.25 bits per heavy atom. The number of alkyl carbamates (subject to hydrolysis) is 1. The molecule has 134 valence electrons. The molecule has 1 aliphatic rings. The van der Waals surface area contributed by atoms with E-state index in [0.29, 0.717) is 31.6 Å². The van der Waals surface area contributed by atoms with Crippen molar-refractivity contribution in [1.29, 1.82) is 0 Å². The molecule has 0 aromatic carbocycles. The van der Waals surface area contributed by atoms with E-state index in [2.05, 4.69) is 11.9 Å². The van der Waals surface area contributed by atoms with Gasteiger partial charge in [-0.15, -0.1) is 0 Å². The Bertz CT molecular complexity index is 510. The van der Waals surface area contributed by atoms with Crippen LogP contribution in [-0.4, -0.2) is 41.9 Å². The number of ether oxygens (including phenoxy) is 2. The van der Waals surface area contributed by atoms with Crippen LogP contribution in [0.1, 0.15) is 40.5 Å². The number of allylic oxidation sites excluding steroid dienone is 4. The number of carbonyl (C=O) groups is 2. The van der Waals surface area contributed by atoms with Crippen LogP contribution in [0.3, 0.4) is 0 Å². The number of hydrogen-bond acceptors (Lipinski definition) is 4. The van der Waals surface area contributed by atoms with Gasteiger partial charge in [-0.25, -0.2) is 9.59 Å². The lowest BCUT2D eigenvalue weighted by atomic mass is 10.1. The standard InChI is InChI=1S/C18H28N2O4/c1-6-8-14(9-7-2)19-16(21)23-15-10-12-20(13-11-15)17(22)24-18(3,4)5/h6-9,15H,1,10-13H2,2-5H3,(H,19,21)/b9-7-,14-8+. The van der Waals surface area contributed by atoms with Crippen molar-refractivity contribution >= 4 is 12.2 Å². The van der Waals surface area contributed by atoms with E-state index in [1.165, 1.54) is 0 Å². The molecule has 0 bridgehead atoms. The topological polar surface area (TPSA) is 67.9 Å². The molecule has 0 spiro atoms. The summed E-state index contributed by atoms with van der Waals surface area (Å²) in [5.41, 5.74) is 0.106. The predicted molar refractivity (Wildman–Crippen MR) is 93.5 cm³/mol. The van der Waals surface area contributed by atoms with Crippen molar-refractivity contribution in [1.82, 2.24) is 10.2 Å². The van der Waals surface area contributed by atoms with Crippen LogP contribution in [0.4, 0.5) is 9.59 Å². The summed E-state index contributed by atoms with van der Waals surface area (Å²) in [5.74, 6) is 0. The van der Waals surface area contributed by atoms with E-state index in [1.807, 2.05) is 33.8 Å². The first-order valence-corrected chi connectivity index (χ1v) is 8.16. The van der Waals surface area contributed by atoms with Crippen LogP contribution in [0, 0.1) is 0 Å². The molecule has 1 rings (SSSR count). The van der Waals surface area contributed by atoms with E-state index in [9.17, 15) is 9.59 Å². The van der Waals surface area contributed by atoms with Crippen molar-refractivity contribution in [3.8, 4) is 0 Å². The Balaban J connectivity index is 2.43. The Morgan fingerprint density at radius 3 is 2.38 bits per heavy atom. The first-order chi connectivity index (χ1) is 11.2. The molecule has 0 unspecified atom stereocenters. The average Bonchev–Trinajstić information content (AvgIpc) is 2.46. The van der Waals surface area contributed by atoms with E-state index in [1.54, 1.807) is 23.1 Å². The lowest BCUT2D eigenvalue weighted by molar-refractivity contribution is 0.00679. The van der Waals surface area contributed by atoms with Gasteiger partial charge in [-0.1, -0.05) is 18.7 Å². The van der Waals surface area contributed by atoms with Gasteiger partial charge in [0.25, 0.3) is 0 Å². The minimum atomic E-state index is -0.509. The van der Waals surface area contributed by atoms with Crippen molar-refractivity contribution in [3.05, 3.63) is 36.6 Å². The number of amides is 2. The number of rotatable bonds is 4. The lowest BCUT2D eigenvalue weighted by Crippen LogP contribution is -2.44. The molecular formula is C18H28N2O4. The Kier molecular flexibility index (Phi) is 7.55. The van der Waals surface area contributed by atoms with E-state index in [4.69, 9.17) is 9.47 Å². The molecule has 0 aromatic heterocycles. The second-order valence-corrected chi connectivity index (χ2v) is 6.55. The maximum Gasteiger partial charge on any atom is 0.411 e. The monoisotopic (exact) mass is 336 g/mol. The maximum atomic E-state index is 12.0. The predicted octanol–water partition coefficient (Wildman–Crippen LogP) is 3.76. The van der Waals surface area contributed by atoms with E-state index in [-0.39, 0.29) is 12.2 Å². The molecule has 1 heterocycles. The molecule has 0 aliphatic carbocycles. The molecule has 1 fully saturated rings. The number of nitrogens with zero attached hydrogens (tertiary/aromatic N) is 1. The second-order valence-electron chi connectivity index (χ2n) is 6.55. The highest BCUT2D eigenvalue weighted by Gasteiger charge is 2.28. The third-order valence-electron chi connectivity index (χ3n) is 3.26. The molecule has 2 amide bonds. The molecular weight excluding hydrogens is 308 g/mol. The summed E-state index contributed by atoms with van der Waals surface area (Å²) in [4.78, 5) is 25.6. The molecule has 24 heavy (non-hydrogen) atoms. The van der Waals surface area contributed by atoms with E-state index >= 15 is 0 Å². The fraction of sp³-hybridized carbons (Fsp3) is 0.556. The van der Waals surface area contributed by atoms with Crippen LogP contribution in [0.15, 0.2) is 36.6 Å². The molecule has 1 aliphatic heterocycles. The number of nitrogens with one attached hydrogen (secondary N) is 1. The smallest absolute Gasteiger partial charge is 0.411 e. The van der Waals surface area contributed by atoms with Gasteiger partial charge in [-0.05, 0) is 39.8 Å². The Labute approximate surface area is 144 Å². The van der Waals surface area contributed by atoms with Crippen LogP contribution < -0.4 is 5.32 Å². The SMILES string of the molecule is C=C/C=C(\C=C/C)NC(=O)OC1CCN(C(=O)OC(C)(C)C)CC1. The summed E-state index contributed by atoms with van der Waals surface area (Å²) in [7, 11) is 0. The molecule has 1 N–H and O–H groups in total. The van der Waals surface area contributed by atoms with E-state index < -0.39 is 11.7 Å². The number of hydrogen-bond donors (Lipinski definition) is 1. The first-order valence-electron chi connectivity index (χ1n) is 8.16. The quantitative estimate of drug-likeness (QED) is 0.794. The van der Waals surface area contributed by atoms with Gasteiger partial charge in [0, 0.05) is 31.6 Å². The van der Waals surface area contributed by atoms with Gasteiger partial charge in [0.05, 0.1) is 0 Å². The van der Waals surface area contributed by atoms with Crippen LogP contribution in [-0.2, 0) is 9.47 Å². The van der Waals surface area contributed by atoms with Crippen molar-refractivity contribution in [2.24, 2.45) is 0 Å². The van der Waals surface area contributed by atoms with Gasteiger partial charge >= 0.3 is 12.2 Å². The summed E-state index contributed by atoms with van der Waals surface area (Å²) < 4.78 is 10.7. The molecule has 6 heteroatoms. The molecule has 1 saturated heterocycles. The third kappa shape index (κ3) is 7.35. The zero-order chi connectivity index (χ0) is 18.2. The minimum absolute atomic E-state index is 0.209. The molecule has 0 atom stereocenters. The highest BCUT2D eigenvalue weighted by atomic mass is 16.6. The number of likely N-dealkylation sites (tertiary alicyclic amines) is 1. The maximum absolute atomic E-state index is 12.0. The zero-order valence-electron chi connectivity index (χ0n) is 15.0. The Hall–Kier alpha value is -2.24. The highest BCUT2D eigenvalue weighted by Crippen LogP contribution is 2.17. The van der Waals surface area contributed by atoms with Gasteiger partial charge < -0.3 is 14.4 Å². The summed E-state index contributed by atoms with van der Waals surface area (Å²) in [6.45, 7) is 12.0. The first kappa shape index (κ1) is 19.8. The van der Waals surface area contributed by atoms with Gasteiger partial charge in [-0.3, -0.25) is 5.32 Å². The van der Waals surface area contributed by atoms with Gasteiger partial charge in [0.2, 0.25) is 0 Å². The van der Waals surface area contributed by atoms with Gasteiger partial charge in [0.1, 0.15) is 11.7 Å². The third-order valence-corrected chi connectivity index (χ3v) is 3.26. The number of carbonyl (C=O) groups excluding carboxylic acids is 2. The zero-order valence-corrected chi connectivity index (χ0v) is 15.0. The largest absolute Gasteiger partial charge is 0.446 e. The van der Waals surface area contributed by atoms with Crippen LogP contribution >= 0.6 is 0 Å². The summed E-state index contributed by atoms with van der Waals surface area (Å²) in [6, 6.07) is 0. The fourth-order valence-corrected chi connectivity index (χ4v) is 2.23. The van der Waals surface area contributed by atoms with Crippen molar-refractivity contribution in [2.75, 3.05) is 13.1 Å². The van der Waals surface area contributed by atoms with E-state index in [0.717, 1.165) is 0 Å². The van der Waals surface area contributed by atoms with Crippen molar-refractivity contribution < 1.29 is 19.1 Å². The highest BCUT2D eigenvalue weighted by molar-refractivity contribution is 5.71. The Morgan fingerprint density at radius 2 is 1.88 bits per heavy atom. The molecule has 0 saturated carbocycles. The second kappa shape index (κ2) is 9.15. The summed E-state index contributed by atoms with van der Waals surface area (Å²) >= 11 is 0. The fourth-order valence-electron chi connectivity index (χ4n) is 2.23. The van der Waals surface area contributed by atoms with Crippen molar-refractivity contribution in [2.45, 2.75) is 52.2 Å². The number of piperidine rings is 1. The van der Waals surface area contributed by atoms with Crippen LogP contribution in [0.5, 0.6) is 0 Å². The molecule has 0 radical (unpaired) electrons. The average molecular weight is 336 g/mol.